The van der Waals surface area contributed by atoms with E-state index in [2.05, 4.69) is 85.6 Å². The van der Waals surface area contributed by atoms with Gasteiger partial charge in [0.25, 0.3) is 5.91 Å². The third kappa shape index (κ3) is 5.35. The number of hydrogen-bond donors (Lipinski definition) is 2. The minimum atomic E-state index is 0.0726. The van der Waals surface area contributed by atoms with E-state index in [1.807, 2.05) is 0 Å². The van der Waals surface area contributed by atoms with Crippen LogP contribution >= 0.6 is 0 Å². The maximum atomic E-state index is 12.7. The molecule has 2 aromatic rings. The smallest absolute Gasteiger partial charge is 0.275 e. The molecule has 1 fully saturated rings. The fraction of sp³-hybridized carbons (Fsp3) is 0.458. The molecule has 3 rings (SSSR count). The summed E-state index contributed by atoms with van der Waals surface area (Å²) in [4.78, 5) is 16.5. The molecule has 1 amide bonds. The molecule has 0 aromatic heterocycles. The summed E-state index contributed by atoms with van der Waals surface area (Å²) in [7, 11) is 0. The largest absolute Gasteiger partial charge is 0.360 e. The van der Waals surface area contributed by atoms with Crippen molar-refractivity contribution in [3.8, 4) is 0 Å². The number of anilines is 1. The third-order valence-electron chi connectivity index (χ3n) is 5.73. The van der Waals surface area contributed by atoms with Crippen molar-refractivity contribution in [2.45, 2.75) is 33.2 Å². The van der Waals surface area contributed by atoms with Crippen LogP contribution in [0.5, 0.6) is 0 Å². The quantitative estimate of drug-likeness (QED) is 0.774. The predicted molar refractivity (Wildman–Crippen MR) is 116 cm³/mol. The molecule has 0 saturated carbocycles. The fourth-order valence-electron chi connectivity index (χ4n) is 3.94. The molecule has 1 atom stereocenters. The Morgan fingerprint density at radius 3 is 2.25 bits per heavy atom. The molecule has 4 heteroatoms. The molecule has 4 nitrogen and oxygen atoms in total. The lowest BCUT2D eigenvalue weighted by Gasteiger charge is -2.33. The average molecular weight is 381 g/mol. The van der Waals surface area contributed by atoms with Crippen molar-refractivity contribution < 1.29 is 9.69 Å². The highest BCUT2D eigenvalue weighted by atomic mass is 16.2. The minimum Gasteiger partial charge on any atom is -0.360 e. The molecule has 28 heavy (non-hydrogen) atoms. The maximum absolute atomic E-state index is 12.7. The van der Waals surface area contributed by atoms with Crippen molar-refractivity contribution in [3.63, 3.8) is 0 Å². The number of nitrogens with zero attached hydrogens (tertiary/aromatic N) is 1. The minimum absolute atomic E-state index is 0.0726. The van der Waals surface area contributed by atoms with Gasteiger partial charge in [-0.25, -0.2) is 0 Å². The van der Waals surface area contributed by atoms with Crippen molar-refractivity contribution in [2.75, 3.05) is 37.6 Å². The number of rotatable bonds is 7. The van der Waals surface area contributed by atoms with Gasteiger partial charge in [0.05, 0.1) is 32.2 Å². The number of carbonyl (C=O) groups is 1. The van der Waals surface area contributed by atoms with E-state index in [1.165, 1.54) is 21.7 Å². The monoisotopic (exact) mass is 380 g/mol. The Morgan fingerprint density at radius 2 is 1.68 bits per heavy atom. The third-order valence-corrected chi connectivity index (χ3v) is 5.73. The first-order valence-electron chi connectivity index (χ1n) is 10.6. The van der Waals surface area contributed by atoms with Crippen molar-refractivity contribution in [1.29, 1.82) is 0 Å². The molecule has 1 aliphatic rings. The second kappa shape index (κ2) is 9.74. The van der Waals surface area contributed by atoms with E-state index in [4.69, 9.17) is 0 Å². The summed E-state index contributed by atoms with van der Waals surface area (Å²) in [5.74, 6) is 0.516. The Hall–Kier alpha value is -2.33. The van der Waals surface area contributed by atoms with Crippen molar-refractivity contribution in [2.24, 2.45) is 5.92 Å². The second-order valence-corrected chi connectivity index (χ2v) is 8.13. The van der Waals surface area contributed by atoms with Gasteiger partial charge < -0.3 is 15.1 Å². The van der Waals surface area contributed by atoms with Crippen LogP contribution in [0.25, 0.3) is 0 Å². The zero-order valence-electron chi connectivity index (χ0n) is 17.4. The lowest BCUT2D eigenvalue weighted by molar-refractivity contribution is -0.892. The van der Waals surface area contributed by atoms with Crippen LogP contribution in [0.1, 0.15) is 37.9 Å². The van der Waals surface area contributed by atoms with Gasteiger partial charge in [0, 0.05) is 5.69 Å². The molecule has 150 valence electrons. The van der Waals surface area contributed by atoms with Gasteiger partial charge in [-0.15, -0.1) is 0 Å². The molecule has 0 spiro atoms. The number of aryl methyl sites for hydroxylation is 1. The fourth-order valence-corrected chi connectivity index (χ4v) is 3.94. The number of para-hydroxylation sites is 1. The topological polar surface area (TPSA) is 36.8 Å². The van der Waals surface area contributed by atoms with Crippen LogP contribution in [0, 0.1) is 5.92 Å². The first-order valence-corrected chi connectivity index (χ1v) is 10.6. The number of nitrogens with one attached hydrogen (secondary N) is 2. The number of hydrogen-bond acceptors (Lipinski definition) is 2. The van der Waals surface area contributed by atoms with Crippen molar-refractivity contribution in [1.82, 2.24) is 5.32 Å². The SMILES string of the molecule is CCc1ccc([C@H](NC(=O)C[NH+]2CCN(c3ccccc3)CC2)C(C)C)cc1. The zero-order valence-corrected chi connectivity index (χ0v) is 17.4. The van der Waals surface area contributed by atoms with Crippen LogP contribution in [0.3, 0.4) is 0 Å². The van der Waals surface area contributed by atoms with E-state index in [-0.39, 0.29) is 11.9 Å². The van der Waals surface area contributed by atoms with E-state index >= 15 is 0 Å². The number of benzene rings is 2. The van der Waals surface area contributed by atoms with Gasteiger partial charge in [0.1, 0.15) is 0 Å². The molecule has 0 unspecified atom stereocenters. The molecule has 0 aliphatic carbocycles. The van der Waals surface area contributed by atoms with Crippen LogP contribution in [0.4, 0.5) is 5.69 Å². The van der Waals surface area contributed by atoms with Crippen LogP contribution in [0.15, 0.2) is 54.6 Å². The lowest BCUT2D eigenvalue weighted by atomic mass is 9.95. The number of piperazine rings is 1. The molecule has 2 N–H and O–H groups in total. The van der Waals surface area contributed by atoms with Crippen LogP contribution < -0.4 is 15.1 Å². The highest BCUT2D eigenvalue weighted by Gasteiger charge is 2.24. The molecule has 0 radical (unpaired) electrons. The van der Waals surface area contributed by atoms with E-state index < -0.39 is 0 Å². The van der Waals surface area contributed by atoms with Crippen LogP contribution in [0.2, 0.25) is 0 Å². The molecule has 1 heterocycles. The van der Waals surface area contributed by atoms with E-state index in [1.54, 1.807) is 0 Å². The average Bonchev–Trinajstić information content (AvgIpc) is 2.73. The Morgan fingerprint density at radius 1 is 1.04 bits per heavy atom. The predicted octanol–water partition coefficient (Wildman–Crippen LogP) is 2.47. The first-order chi connectivity index (χ1) is 13.6. The molecule has 1 saturated heterocycles. The highest BCUT2D eigenvalue weighted by molar-refractivity contribution is 5.77. The van der Waals surface area contributed by atoms with Crippen LogP contribution in [-0.2, 0) is 11.2 Å². The van der Waals surface area contributed by atoms with E-state index in [0.29, 0.717) is 12.5 Å². The van der Waals surface area contributed by atoms with Gasteiger partial charge in [0.15, 0.2) is 6.54 Å². The van der Waals surface area contributed by atoms with Crippen LogP contribution in [-0.4, -0.2) is 38.6 Å². The maximum Gasteiger partial charge on any atom is 0.275 e. The molecule has 0 bridgehead atoms. The molecule has 1 aliphatic heterocycles. The van der Waals surface area contributed by atoms with E-state index in [0.717, 1.165) is 32.6 Å². The summed E-state index contributed by atoms with van der Waals surface area (Å²) in [6, 6.07) is 19.3. The summed E-state index contributed by atoms with van der Waals surface area (Å²) in [5.41, 5.74) is 3.81. The number of carbonyl (C=O) groups excluding carboxylic acids is 1. The molecular formula is C24H34N3O+. The first kappa shape index (κ1) is 20.4. The summed E-state index contributed by atoms with van der Waals surface area (Å²) >= 11 is 0. The number of amides is 1. The van der Waals surface area contributed by atoms with Gasteiger partial charge in [-0.05, 0) is 35.6 Å². The van der Waals surface area contributed by atoms with Gasteiger partial charge in [0.2, 0.25) is 0 Å². The second-order valence-electron chi connectivity index (χ2n) is 8.13. The standard InChI is InChI=1S/C24H33N3O/c1-4-20-10-12-21(13-11-20)24(19(2)3)25-23(28)18-26-14-16-27(17-15-26)22-8-6-5-7-9-22/h5-13,19,24H,4,14-18H2,1-3H3,(H,25,28)/p+1/t24-/m1/s1. The molecule has 2 aromatic carbocycles. The Bertz CT molecular complexity index is 734. The van der Waals surface area contributed by atoms with Gasteiger partial charge in [-0.3, -0.25) is 4.79 Å². The summed E-state index contributed by atoms with van der Waals surface area (Å²) < 4.78 is 0. The Balaban J connectivity index is 1.52. The molecular weight excluding hydrogens is 346 g/mol. The summed E-state index contributed by atoms with van der Waals surface area (Å²) in [6.07, 6.45) is 1.04. The van der Waals surface area contributed by atoms with E-state index in [9.17, 15) is 4.79 Å². The van der Waals surface area contributed by atoms with Crippen molar-refractivity contribution >= 4 is 11.6 Å². The Kier molecular flexibility index (Phi) is 7.10. The Labute approximate surface area is 169 Å². The lowest BCUT2D eigenvalue weighted by Crippen LogP contribution is -3.16. The summed E-state index contributed by atoms with van der Waals surface area (Å²) in [6.45, 7) is 11.1. The normalized spacial score (nSPS) is 16.2. The van der Waals surface area contributed by atoms with Gasteiger partial charge >= 0.3 is 0 Å². The highest BCUT2D eigenvalue weighted by Crippen LogP contribution is 2.22. The zero-order chi connectivity index (χ0) is 19.9. The summed E-state index contributed by atoms with van der Waals surface area (Å²) in [5, 5.41) is 3.29. The van der Waals surface area contributed by atoms with Crippen molar-refractivity contribution in [3.05, 3.63) is 65.7 Å². The van der Waals surface area contributed by atoms with Gasteiger partial charge in [-0.2, -0.15) is 0 Å². The number of quaternary nitrogens is 1. The van der Waals surface area contributed by atoms with Gasteiger partial charge in [-0.1, -0.05) is 63.2 Å².